The second-order valence-electron chi connectivity index (χ2n) is 5.24. The van der Waals surface area contributed by atoms with Crippen molar-refractivity contribution in [2.45, 2.75) is 26.7 Å². The minimum absolute atomic E-state index is 0.191. The molecule has 0 unspecified atom stereocenters. The molecule has 2 aromatic rings. The van der Waals surface area contributed by atoms with Crippen LogP contribution < -0.4 is 15.4 Å². The third kappa shape index (κ3) is 4.21. The monoisotopic (exact) mass is 319 g/mol. The number of rotatable bonds is 5. The van der Waals surface area contributed by atoms with Crippen molar-refractivity contribution in [2.75, 3.05) is 19.0 Å². The number of aromatic nitrogens is 1. The third-order valence-corrected chi connectivity index (χ3v) is 4.51. The Morgan fingerprint density at radius 3 is 2.82 bits per heavy atom. The second-order valence-corrected chi connectivity index (χ2v) is 6.13. The number of ether oxygens (including phenoxy) is 1. The van der Waals surface area contributed by atoms with E-state index in [-0.39, 0.29) is 11.9 Å². The number of amides is 2. The van der Waals surface area contributed by atoms with Gasteiger partial charge in [-0.05, 0) is 25.5 Å². The second kappa shape index (κ2) is 7.26. The van der Waals surface area contributed by atoms with Crippen LogP contribution in [0.2, 0.25) is 0 Å². The summed E-state index contributed by atoms with van der Waals surface area (Å²) in [7, 11) is 1.60. The maximum Gasteiger partial charge on any atom is 0.319 e. The lowest BCUT2D eigenvalue weighted by Crippen LogP contribution is -2.32. The molecule has 0 aliphatic rings. The number of nitrogens with one attached hydrogen (secondary N) is 2. The number of thiazole rings is 1. The van der Waals surface area contributed by atoms with Crippen molar-refractivity contribution in [3.05, 3.63) is 39.8 Å². The summed E-state index contributed by atoms with van der Waals surface area (Å²) in [6.45, 7) is 6.51. The van der Waals surface area contributed by atoms with E-state index in [1.165, 1.54) is 0 Å². The minimum atomic E-state index is -0.225. The van der Waals surface area contributed by atoms with Crippen molar-refractivity contribution >= 4 is 23.1 Å². The maximum atomic E-state index is 12.0. The van der Waals surface area contributed by atoms with E-state index in [0.29, 0.717) is 12.3 Å². The fraction of sp³-hybridized carbons (Fsp3) is 0.375. The Bertz CT molecular complexity index is 655. The Morgan fingerprint density at radius 1 is 1.41 bits per heavy atom. The van der Waals surface area contributed by atoms with Gasteiger partial charge in [0.05, 0.1) is 12.1 Å². The van der Waals surface area contributed by atoms with E-state index >= 15 is 0 Å². The third-order valence-electron chi connectivity index (χ3n) is 3.32. The van der Waals surface area contributed by atoms with Crippen LogP contribution in [0.4, 0.5) is 10.5 Å². The first-order chi connectivity index (χ1) is 10.5. The summed E-state index contributed by atoms with van der Waals surface area (Å²) >= 11 is 1.62. The van der Waals surface area contributed by atoms with Crippen LogP contribution in [-0.4, -0.2) is 24.7 Å². The predicted octanol–water partition coefficient (Wildman–Crippen LogP) is 3.69. The first kappa shape index (κ1) is 16.3. The molecule has 0 bridgehead atoms. The van der Waals surface area contributed by atoms with Crippen LogP contribution in [0.15, 0.2) is 23.6 Å². The number of carbonyl (C=O) groups excluding carboxylic acids is 1. The van der Waals surface area contributed by atoms with Crippen LogP contribution in [0.5, 0.6) is 5.75 Å². The maximum absolute atomic E-state index is 12.0. The summed E-state index contributed by atoms with van der Waals surface area (Å²) in [5.74, 6) is 0.906. The van der Waals surface area contributed by atoms with Gasteiger partial charge >= 0.3 is 6.03 Å². The van der Waals surface area contributed by atoms with Gasteiger partial charge in [-0.1, -0.05) is 13.0 Å². The van der Waals surface area contributed by atoms with Gasteiger partial charge in [-0.15, -0.1) is 11.3 Å². The number of hydrogen-bond donors (Lipinski definition) is 2. The molecular weight excluding hydrogens is 298 g/mol. The molecule has 22 heavy (non-hydrogen) atoms. The molecule has 118 valence electrons. The molecular formula is C16H21N3O2S. The number of urea groups is 1. The number of carbonyl (C=O) groups is 1. The van der Waals surface area contributed by atoms with Gasteiger partial charge in [-0.2, -0.15) is 0 Å². The highest BCUT2D eigenvalue weighted by Crippen LogP contribution is 2.22. The van der Waals surface area contributed by atoms with Gasteiger partial charge in [0.1, 0.15) is 5.75 Å². The van der Waals surface area contributed by atoms with Crippen molar-refractivity contribution in [1.82, 2.24) is 10.3 Å². The Balaban J connectivity index is 1.90. The smallest absolute Gasteiger partial charge is 0.319 e. The SMILES string of the molecule is COc1ccc(C)c(NC(=O)NC[C@H](C)c2nc(C)cs2)c1. The largest absolute Gasteiger partial charge is 0.497 e. The molecule has 0 saturated heterocycles. The molecule has 2 amide bonds. The average Bonchev–Trinajstić information content (AvgIpc) is 2.93. The molecule has 1 aromatic heterocycles. The highest BCUT2D eigenvalue weighted by atomic mass is 32.1. The molecule has 0 fully saturated rings. The minimum Gasteiger partial charge on any atom is -0.497 e. The number of benzene rings is 1. The summed E-state index contributed by atoms with van der Waals surface area (Å²) in [5, 5.41) is 8.79. The normalized spacial score (nSPS) is 11.8. The summed E-state index contributed by atoms with van der Waals surface area (Å²) in [5.41, 5.74) is 2.75. The van der Waals surface area contributed by atoms with Crippen molar-refractivity contribution in [3.8, 4) is 5.75 Å². The first-order valence-corrected chi connectivity index (χ1v) is 7.99. The molecule has 0 radical (unpaired) electrons. The van der Waals surface area contributed by atoms with Gasteiger partial charge in [0.2, 0.25) is 0 Å². The molecule has 2 N–H and O–H groups in total. The highest BCUT2D eigenvalue weighted by Gasteiger charge is 2.12. The average molecular weight is 319 g/mol. The standard InChI is InChI=1S/C16H21N3O2S/c1-10-5-6-13(21-4)7-14(10)19-16(20)17-8-11(2)15-18-12(3)9-22-15/h5-7,9,11H,8H2,1-4H3,(H2,17,19,20)/t11-/m0/s1. The van der Waals surface area contributed by atoms with E-state index in [9.17, 15) is 4.79 Å². The number of nitrogens with zero attached hydrogens (tertiary/aromatic N) is 1. The zero-order chi connectivity index (χ0) is 16.1. The number of aryl methyl sites for hydroxylation is 2. The van der Waals surface area contributed by atoms with Crippen LogP contribution in [0.1, 0.15) is 29.1 Å². The molecule has 5 nitrogen and oxygen atoms in total. The predicted molar refractivity (Wildman–Crippen MR) is 90.0 cm³/mol. The van der Waals surface area contributed by atoms with E-state index in [0.717, 1.165) is 22.0 Å². The zero-order valence-electron chi connectivity index (χ0n) is 13.3. The van der Waals surface area contributed by atoms with Crippen molar-refractivity contribution in [1.29, 1.82) is 0 Å². The Morgan fingerprint density at radius 2 is 2.18 bits per heavy atom. The molecule has 1 atom stereocenters. The van der Waals surface area contributed by atoms with Gasteiger partial charge in [-0.25, -0.2) is 9.78 Å². The Hall–Kier alpha value is -2.08. The van der Waals surface area contributed by atoms with E-state index in [2.05, 4.69) is 22.5 Å². The van der Waals surface area contributed by atoms with Gasteiger partial charge in [-0.3, -0.25) is 0 Å². The van der Waals surface area contributed by atoms with Gasteiger partial charge in [0.15, 0.2) is 0 Å². The summed E-state index contributed by atoms with van der Waals surface area (Å²) in [4.78, 5) is 16.5. The first-order valence-electron chi connectivity index (χ1n) is 7.11. The lowest BCUT2D eigenvalue weighted by molar-refractivity contribution is 0.251. The van der Waals surface area contributed by atoms with Crippen molar-refractivity contribution in [3.63, 3.8) is 0 Å². The Kier molecular flexibility index (Phi) is 5.38. The van der Waals surface area contributed by atoms with Gasteiger partial charge < -0.3 is 15.4 Å². The molecule has 6 heteroatoms. The van der Waals surface area contributed by atoms with Crippen molar-refractivity contribution < 1.29 is 9.53 Å². The van der Waals surface area contributed by atoms with Crippen LogP contribution in [-0.2, 0) is 0 Å². The lowest BCUT2D eigenvalue weighted by Gasteiger charge is -2.13. The number of anilines is 1. The molecule has 0 aliphatic heterocycles. The fourth-order valence-electron chi connectivity index (χ4n) is 1.96. The topological polar surface area (TPSA) is 63.2 Å². The quantitative estimate of drug-likeness (QED) is 0.883. The molecule has 0 spiro atoms. The van der Waals surface area contributed by atoms with Crippen LogP contribution >= 0.6 is 11.3 Å². The van der Waals surface area contributed by atoms with E-state index in [1.54, 1.807) is 18.4 Å². The molecule has 1 heterocycles. The number of hydrogen-bond acceptors (Lipinski definition) is 4. The zero-order valence-corrected chi connectivity index (χ0v) is 14.1. The van der Waals surface area contributed by atoms with E-state index in [4.69, 9.17) is 4.74 Å². The van der Waals surface area contributed by atoms with E-state index in [1.807, 2.05) is 37.4 Å². The van der Waals surface area contributed by atoms with Gasteiger partial charge in [0.25, 0.3) is 0 Å². The fourth-order valence-corrected chi connectivity index (χ4v) is 2.82. The number of methoxy groups -OCH3 is 1. The van der Waals surface area contributed by atoms with Crippen molar-refractivity contribution in [2.24, 2.45) is 0 Å². The van der Waals surface area contributed by atoms with Crippen LogP contribution in [0.25, 0.3) is 0 Å². The van der Waals surface area contributed by atoms with E-state index < -0.39 is 0 Å². The molecule has 0 aliphatic carbocycles. The summed E-state index contributed by atoms with van der Waals surface area (Å²) < 4.78 is 5.17. The molecule has 1 aromatic carbocycles. The highest BCUT2D eigenvalue weighted by molar-refractivity contribution is 7.09. The summed E-state index contributed by atoms with van der Waals surface area (Å²) in [6.07, 6.45) is 0. The Labute approximate surface area is 134 Å². The van der Waals surface area contributed by atoms with Gasteiger partial charge in [0, 0.05) is 35.3 Å². The van der Waals surface area contributed by atoms with Crippen LogP contribution in [0.3, 0.4) is 0 Å². The summed E-state index contributed by atoms with van der Waals surface area (Å²) in [6, 6.07) is 5.36. The van der Waals surface area contributed by atoms with Crippen LogP contribution in [0, 0.1) is 13.8 Å². The molecule has 2 rings (SSSR count). The molecule has 0 saturated carbocycles. The lowest BCUT2D eigenvalue weighted by atomic mass is 10.2.